The summed E-state index contributed by atoms with van der Waals surface area (Å²) >= 11 is 0. The maximum Gasteiger partial charge on any atom is 0.226 e. The molecule has 4 rings (SSSR count). The van der Waals surface area contributed by atoms with E-state index in [-0.39, 0.29) is 0 Å². The van der Waals surface area contributed by atoms with Crippen LogP contribution < -0.4 is 4.90 Å². The Morgan fingerprint density at radius 1 is 1.12 bits per heavy atom. The van der Waals surface area contributed by atoms with E-state index in [1.807, 2.05) is 13.0 Å². The molecule has 6 nitrogen and oxygen atoms in total. The molecule has 0 N–H and O–H groups in total. The number of aryl methyl sites for hydroxylation is 1. The number of hydrogen-bond acceptors (Lipinski definition) is 6. The summed E-state index contributed by atoms with van der Waals surface area (Å²) < 4.78 is 23.7. The van der Waals surface area contributed by atoms with Gasteiger partial charge in [-0.15, -0.1) is 0 Å². The zero-order chi connectivity index (χ0) is 17.6. The van der Waals surface area contributed by atoms with Gasteiger partial charge in [0.1, 0.15) is 0 Å². The molecular weight excluding hydrogens is 336 g/mol. The highest BCUT2D eigenvalue weighted by Crippen LogP contribution is 2.26. The molecule has 1 atom stereocenters. The topological polar surface area (TPSA) is 66.4 Å². The molecule has 0 bridgehead atoms. The minimum Gasteiger partial charge on any atom is -0.338 e. The molecule has 0 aliphatic carbocycles. The highest BCUT2D eigenvalue weighted by Gasteiger charge is 2.30. The normalized spacial score (nSPS) is 22.2. The summed E-state index contributed by atoms with van der Waals surface area (Å²) in [6.45, 7) is 6.09. The predicted molar refractivity (Wildman–Crippen MR) is 98.8 cm³/mol. The van der Waals surface area contributed by atoms with Crippen molar-refractivity contribution >= 4 is 26.7 Å². The number of sulfone groups is 1. The lowest BCUT2D eigenvalue weighted by molar-refractivity contribution is 0.133. The quantitative estimate of drug-likeness (QED) is 0.816. The molecule has 7 heteroatoms. The molecule has 2 aromatic rings. The van der Waals surface area contributed by atoms with Gasteiger partial charge in [-0.3, -0.25) is 4.90 Å². The van der Waals surface area contributed by atoms with Crippen LogP contribution in [0.4, 0.5) is 5.95 Å². The summed E-state index contributed by atoms with van der Waals surface area (Å²) in [5.74, 6) is 0.723. The highest BCUT2D eigenvalue weighted by atomic mass is 32.2. The van der Waals surface area contributed by atoms with Crippen LogP contribution >= 0.6 is 0 Å². The average Bonchev–Trinajstić information content (AvgIpc) is 2.60. The number of benzene rings is 1. The van der Waals surface area contributed by atoms with Gasteiger partial charge in [-0.05, 0) is 44.5 Å². The van der Waals surface area contributed by atoms with E-state index in [1.165, 1.54) is 32.1 Å². The van der Waals surface area contributed by atoms with Crippen molar-refractivity contribution in [3.63, 3.8) is 0 Å². The first-order valence-electron chi connectivity index (χ1n) is 8.89. The molecule has 0 unspecified atom stereocenters. The summed E-state index contributed by atoms with van der Waals surface area (Å²) in [4.78, 5) is 14.5. The molecule has 1 aromatic carbocycles. The van der Waals surface area contributed by atoms with E-state index in [9.17, 15) is 8.42 Å². The smallest absolute Gasteiger partial charge is 0.226 e. The minimum atomic E-state index is -3.24. The maximum absolute atomic E-state index is 11.8. The van der Waals surface area contributed by atoms with E-state index in [2.05, 4.69) is 9.80 Å². The second kappa shape index (κ2) is 6.21. The van der Waals surface area contributed by atoms with Gasteiger partial charge < -0.3 is 4.90 Å². The van der Waals surface area contributed by atoms with Crippen LogP contribution in [0.5, 0.6) is 0 Å². The Kier molecular flexibility index (Phi) is 4.16. The number of piperazine rings is 1. The fourth-order valence-electron chi connectivity index (χ4n) is 3.96. The van der Waals surface area contributed by atoms with E-state index in [4.69, 9.17) is 9.97 Å². The Hall–Kier alpha value is -1.73. The first kappa shape index (κ1) is 16.7. The van der Waals surface area contributed by atoms with E-state index in [1.54, 1.807) is 12.1 Å². The van der Waals surface area contributed by atoms with E-state index in [0.29, 0.717) is 16.5 Å². The molecule has 2 fully saturated rings. The Morgan fingerprint density at radius 2 is 1.96 bits per heavy atom. The third kappa shape index (κ3) is 3.22. The molecule has 2 aliphatic heterocycles. The van der Waals surface area contributed by atoms with Crippen LogP contribution in [0.3, 0.4) is 0 Å². The van der Waals surface area contributed by atoms with Crippen molar-refractivity contribution in [3.05, 3.63) is 23.9 Å². The Morgan fingerprint density at radius 3 is 2.76 bits per heavy atom. The number of rotatable bonds is 2. The van der Waals surface area contributed by atoms with Crippen molar-refractivity contribution in [3.8, 4) is 0 Å². The number of aromatic nitrogens is 2. The minimum absolute atomic E-state index is 0.307. The third-order valence-corrected chi connectivity index (χ3v) is 6.51. The fourth-order valence-corrected chi connectivity index (χ4v) is 4.60. The van der Waals surface area contributed by atoms with Crippen LogP contribution in [-0.4, -0.2) is 61.8 Å². The van der Waals surface area contributed by atoms with E-state index < -0.39 is 9.84 Å². The third-order valence-electron chi connectivity index (χ3n) is 5.40. The van der Waals surface area contributed by atoms with Crippen molar-refractivity contribution in [2.75, 3.05) is 37.3 Å². The van der Waals surface area contributed by atoms with Crippen LogP contribution in [0.15, 0.2) is 23.1 Å². The summed E-state index contributed by atoms with van der Waals surface area (Å²) in [6, 6.07) is 5.70. The van der Waals surface area contributed by atoms with Gasteiger partial charge in [0.05, 0.1) is 16.1 Å². The number of anilines is 1. The van der Waals surface area contributed by atoms with Crippen molar-refractivity contribution in [1.29, 1.82) is 0 Å². The van der Waals surface area contributed by atoms with Gasteiger partial charge in [0.15, 0.2) is 9.84 Å². The van der Waals surface area contributed by atoms with Crippen LogP contribution in [0.25, 0.3) is 10.9 Å². The summed E-state index contributed by atoms with van der Waals surface area (Å²) in [5, 5.41) is 0.910. The molecule has 3 heterocycles. The number of fused-ring (bicyclic) bond motifs is 2. The zero-order valence-corrected chi connectivity index (χ0v) is 15.6. The van der Waals surface area contributed by atoms with Gasteiger partial charge in [-0.1, -0.05) is 6.42 Å². The average molecular weight is 360 g/mol. The van der Waals surface area contributed by atoms with Crippen molar-refractivity contribution in [2.45, 2.75) is 37.1 Å². The second-order valence-electron chi connectivity index (χ2n) is 7.19. The van der Waals surface area contributed by atoms with Gasteiger partial charge in [0.2, 0.25) is 5.95 Å². The van der Waals surface area contributed by atoms with Gasteiger partial charge in [-0.2, -0.15) is 0 Å². The monoisotopic (exact) mass is 360 g/mol. The summed E-state index contributed by atoms with van der Waals surface area (Å²) in [6.07, 6.45) is 5.06. The molecule has 0 saturated carbocycles. The van der Waals surface area contributed by atoms with E-state index in [0.717, 1.165) is 36.7 Å². The van der Waals surface area contributed by atoms with Crippen LogP contribution in [0, 0.1) is 6.92 Å². The molecule has 0 spiro atoms. The number of hydrogen-bond donors (Lipinski definition) is 0. The standard InChI is InChI=1S/C18H24N4O2S/c1-13-16-7-6-15(25(2,23)24)11-17(16)20-18(19-13)22-10-9-21-8-4-3-5-14(21)12-22/h6-7,11,14H,3-5,8-10,12H2,1-2H3/t14-/m0/s1. The lowest BCUT2D eigenvalue weighted by atomic mass is 10.00. The first-order valence-corrected chi connectivity index (χ1v) is 10.8. The molecule has 0 amide bonds. The maximum atomic E-state index is 11.8. The van der Waals surface area contributed by atoms with Crippen molar-refractivity contribution in [1.82, 2.24) is 14.9 Å². The largest absolute Gasteiger partial charge is 0.338 e. The Labute approximate surface area is 148 Å². The van der Waals surface area contributed by atoms with Crippen LogP contribution in [0.2, 0.25) is 0 Å². The SMILES string of the molecule is Cc1nc(N2CCN3CCCC[C@H]3C2)nc2cc(S(C)(=O)=O)ccc12. The molecule has 0 radical (unpaired) electrons. The van der Waals surface area contributed by atoms with Crippen molar-refractivity contribution < 1.29 is 8.42 Å². The zero-order valence-electron chi connectivity index (χ0n) is 14.8. The van der Waals surface area contributed by atoms with Gasteiger partial charge in [-0.25, -0.2) is 18.4 Å². The summed E-state index contributed by atoms with van der Waals surface area (Å²) in [7, 11) is -3.24. The van der Waals surface area contributed by atoms with Gasteiger partial charge >= 0.3 is 0 Å². The van der Waals surface area contributed by atoms with Crippen LogP contribution in [0.1, 0.15) is 25.0 Å². The molecule has 1 aromatic heterocycles. The fraction of sp³-hybridized carbons (Fsp3) is 0.556. The lowest BCUT2D eigenvalue weighted by Crippen LogP contribution is -2.55. The van der Waals surface area contributed by atoms with Gasteiger partial charge in [0, 0.05) is 37.3 Å². The second-order valence-corrected chi connectivity index (χ2v) is 9.21. The molecular formula is C18H24N4O2S. The number of nitrogens with zero attached hydrogens (tertiary/aromatic N) is 4. The van der Waals surface area contributed by atoms with E-state index >= 15 is 0 Å². The summed E-state index contributed by atoms with van der Waals surface area (Å²) in [5.41, 5.74) is 1.60. The first-order chi connectivity index (χ1) is 11.9. The highest BCUT2D eigenvalue weighted by molar-refractivity contribution is 7.90. The molecule has 2 saturated heterocycles. The number of piperidine rings is 1. The predicted octanol–water partition coefficient (Wildman–Crippen LogP) is 2.02. The van der Waals surface area contributed by atoms with Crippen LogP contribution in [-0.2, 0) is 9.84 Å². The molecule has 25 heavy (non-hydrogen) atoms. The Bertz CT molecular complexity index is 913. The Balaban J connectivity index is 1.70. The molecule has 2 aliphatic rings. The van der Waals surface area contributed by atoms with Gasteiger partial charge in [0.25, 0.3) is 0 Å². The molecule has 134 valence electrons. The lowest BCUT2D eigenvalue weighted by Gasteiger charge is -2.44. The van der Waals surface area contributed by atoms with Crippen molar-refractivity contribution in [2.24, 2.45) is 0 Å².